The maximum atomic E-state index is 15.8. The van der Waals surface area contributed by atoms with Crippen LogP contribution in [0, 0.1) is 12.7 Å². The maximum Gasteiger partial charge on any atom is 0.261 e. The highest BCUT2D eigenvalue weighted by molar-refractivity contribution is 5.79. The summed E-state index contributed by atoms with van der Waals surface area (Å²) in [6.45, 7) is 7.26. The molecule has 2 amide bonds. The van der Waals surface area contributed by atoms with Crippen molar-refractivity contribution in [3.05, 3.63) is 75.9 Å². The van der Waals surface area contributed by atoms with Crippen LogP contribution < -0.4 is 4.74 Å². The Kier molecular flexibility index (Phi) is 6.61. The molecule has 0 spiro atoms. The Morgan fingerprint density at radius 3 is 2.64 bits per heavy atom. The number of carbonyl (C=O) groups excluding carboxylic acids is 2. The molecular formula is C30H34FN5O3. The first-order valence-corrected chi connectivity index (χ1v) is 13.9. The largest absolute Gasteiger partial charge is 0.482 e. The van der Waals surface area contributed by atoms with Gasteiger partial charge in [0, 0.05) is 44.2 Å². The van der Waals surface area contributed by atoms with Crippen molar-refractivity contribution in [3.8, 4) is 5.75 Å². The lowest BCUT2D eigenvalue weighted by molar-refractivity contribution is -0.135. The van der Waals surface area contributed by atoms with Gasteiger partial charge in [0.05, 0.1) is 23.6 Å². The zero-order chi connectivity index (χ0) is 27.3. The molecule has 0 N–H and O–H groups in total. The average molecular weight is 532 g/mol. The zero-order valence-electron chi connectivity index (χ0n) is 22.7. The molecule has 8 nitrogen and oxygen atoms in total. The Labute approximate surface area is 227 Å². The second-order valence-corrected chi connectivity index (χ2v) is 10.8. The number of pyridine rings is 1. The Hall–Kier alpha value is -3.75. The first kappa shape index (κ1) is 25.5. The molecule has 6 rings (SSSR count). The summed E-state index contributed by atoms with van der Waals surface area (Å²) in [5.74, 6) is 1.30. The molecule has 0 radical (unpaired) electrons. The third-order valence-electron chi connectivity index (χ3n) is 8.14. The molecule has 0 saturated heterocycles. The van der Waals surface area contributed by atoms with Gasteiger partial charge in [-0.1, -0.05) is 19.1 Å². The van der Waals surface area contributed by atoms with Crippen LogP contribution in [0.2, 0.25) is 0 Å². The lowest BCUT2D eigenvalue weighted by atomic mass is 9.93. The molecule has 1 fully saturated rings. The van der Waals surface area contributed by atoms with E-state index in [-0.39, 0.29) is 24.2 Å². The van der Waals surface area contributed by atoms with E-state index in [0.717, 1.165) is 47.0 Å². The maximum absolute atomic E-state index is 15.8. The number of aryl methyl sites for hydroxylation is 2. The molecular weight excluding hydrogens is 497 g/mol. The van der Waals surface area contributed by atoms with Gasteiger partial charge in [-0.2, -0.15) is 0 Å². The lowest BCUT2D eigenvalue weighted by Gasteiger charge is -2.38. The fourth-order valence-electron chi connectivity index (χ4n) is 5.89. The summed E-state index contributed by atoms with van der Waals surface area (Å²) in [6.07, 6.45) is 3.43. The molecule has 2 aliphatic heterocycles. The van der Waals surface area contributed by atoms with Crippen LogP contribution in [0.3, 0.4) is 0 Å². The number of nitrogens with zero attached hydrogens (tertiary/aromatic N) is 5. The number of ether oxygens (including phenoxy) is 1. The van der Waals surface area contributed by atoms with Crippen LogP contribution in [-0.2, 0) is 35.5 Å². The predicted octanol–water partition coefficient (Wildman–Crippen LogP) is 4.08. The van der Waals surface area contributed by atoms with Crippen molar-refractivity contribution in [3.63, 3.8) is 0 Å². The number of halogens is 1. The van der Waals surface area contributed by atoms with E-state index in [9.17, 15) is 9.59 Å². The number of hydrogen-bond donors (Lipinski definition) is 0. The van der Waals surface area contributed by atoms with Crippen LogP contribution in [-0.4, -0.2) is 55.8 Å². The quantitative estimate of drug-likeness (QED) is 0.479. The van der Waals surface area contributed by atoms with Crippen LogP contribution in [0.15, 0.2) is 30.3 Å². The smallest absolute Gasteiger partial charge is 0.261 e. The summed E-state index contributed by atoms with van der Waals surface area (Å²) in [5.41, 5.74) is 4.90. The highest BCUT2D eigenvalue weighted by atomic mass is 19.1. The van der Waals surface area contributed by atoms with Gasteiger partial charge in [0.2, 0.25) is 5.91 Å². The lowest BCUT2D eigenvalue weighted by Crippen LogP contribution is -2.45. The van der Waals surface area contributed by atoms with Crippen LogP contribution in [0.1, 0.15) is 78.4 Å². The molecule has 4 heterocycles. The normalized spacial score (nSPS) is 18.5. The van der Waals surface area contributed by atoms with Gasteiger partial charge in [-0.25, -0.2) is 9.37 Å². The Balaban J connectivity index is 1.35. The number of rotatable bonds is 6. The number of carbonyl (C=O) groups is 2. The minimum Gasteiger partial charge on any atom is -0.482 e. The van der Waals surface area contributed by atoms with Gasteiger partial charge < -0.3 is 19.1 Å². The van der Waals surface area contributed by atoms with Gasteiger partial charge in [0.1, 0.15) is 23.4 Å². The third-order valence-corrected chi connectivity index (χ3v) is 8.14. The van der Waals surface area contributed by atoms with Crippen molar-refractivity contribution in [2.75, 3.05) is 19.7 Å². The fraction of sp³-hybridized carbons (Fsp3) is 0.467. The molecule has 3 aliphatic rings. The summed E-state index contributed by atoms with van der Waals surface area (Å²) >= 11 is 0. The van der Waals surface area contributed by atoms with Crippen molar-refractivity contribution in [2.24, 2.45) is 0 Å². The van der Waals surface area contributed by atoms with E-state index in [2.05, 4.69) is 9.55 Å². The molecule has 0 bridgehead atoms. The number of fused-ring (bicyclic) bond motifs is 3. The van der Waals surface area contributed by atoms with Crippen molar-refractivity contribution >= 4 is 11.8 Å². The van der Waals surface area contributed by atoms with Crippen molar-refractivity contribution in [1.82, 2.24) is 24.3 Å². The van der Waals surface area contributed by atoms with Gasteiger partial charge in [-0.15, -0.1) is 0 Å². The number of benzene rings is 1. The summed E-state index contributed by atoms with van der Waals surface area (Å²) in [5, 5.41) is 0. The molecule has 9 heteroatoms. The number of imidazole rings is 1. The summed E-state index contributed by atoms with van der Waals surface area (Å²) in [6, 6.07) is 8.58. The van der Waals surface area contributed by atoms with E-state index < -0.39 is 6.04 Å². The third kappa shape index (κ3) is 4.79. The monoisotopic (exact) mass is 531 g/mol. The van der Waals surface area contributed by atoms with Gasteiger partial charge in [0.15, 0.2) is 6.61 Å². The highest BCUT2D eigenvalue weighted by Crippen LogP contribution is 2.43. The van der Waals surface area contributed by atoms with Crippen LogP contribution >= 0.6 is 0 Å². The fourth-order valence-corrected chi connectivity index (χ4v) is 5.89. The van der Waals surface area contributed by atoms with E-state index in [4.69, 9.17) is 9.72 Å². The van der Waals surface area contributed by atoms with E-state index in [0.29, 0.717) is 56.3 Å². The average Bonchev–Trinajstić information content (AvgIpc) is 3.71. The van der Waals surface area contributed by atoms with Crippen molar-refractivity contribution in [2.45, 2.75) is 71.5 Å². The molecule has 204 valence electrons. The van der Waals surface area contributed by atoms with E-state index in [1.54, 1.807) is 22.8 Å². The Bertz CT molecular complexity index is 1450. The standard InChI is InChI=1S/C30H34FN5O3/c1-4-24-26(10-5-18(2)32-24)39-17-28(38)36-12-11-25-30(35-14-13-34(19(3)37)16-27(35)33-25)29(36)22-9-8-21(15-23(22)31)20-6-7-20/h5,8-10,15,20,29H,4,6-7,11-14,16-17H2,1-3H3. The van der Waals surface area contributed by atoms with Gasteiger partial charge in [-0.05, 0) is 55.9 Å². The molecule has 1 unspecified atom stereocenters. The molecule has 1 aliphatic carbocycles. The van der Waals surface area contributed by atoms with Crippen LogP contribution in [0.4, 0.5) is 4.39 Å². The van der Waals surface area contributed by atoms with E-state index in [1.165, 1.54) is 0 Å². The molecule has 39 heavy (non-hydrogen) atoms. The first-order chi connectivity index (χ1) is 18.8. The van der Waals surface area contributed by atoms with E-state index in [1.807, 2.05) is 38.1 Å². The van der Waals surface area contributed by atoms with Gasteiger partial charge >= 0.3 is 0 Å². The molecule has 3 aromatic rings. The van der Waals surface area contributed by atoms with Crippen molar-refractivity contribution in [1.29, 1.82) is 0 Å². The van der Waals surface area contributed by atoms with Gasteiger partial charge in [0.25, 0.3) is 5.91 Å². The SMILES string of the molecule is CCc1nc(C)ccc1OCC(=O)N1CCc2nc3n(c2C1c1ccc(C2CC2)cc1F)CCN(C(C)=O)C3. The second-order valence-electron chi connectivity index (χ2n) is 10.8. The minimum atomic E-state index is -0.620. The molecule has 1 saturated carbocycles. The molecule has 1 aromatic carbocycles. The number of hydrogen-bond acceptors (Lipinski definition) is 5. The number of aromatic nitrogens is 3. The summed E-state index contributed by atoms with van der Waals surface area (Å²) < 4.78 is 23.9. The summed E-state index contributed by atoms with van der Waals surface area (Å²) in [7, 11) is 0. The minimum absolute atomic E-state index is 0.00600. The van der Waals surface area contributed by atoms with Gasteiger partial charge in [-0.3, -0.25) is 14.6 Å². The highest BCUT2D eigenvalue weighted by Gasteiger charge is 2.40. The summed E-state index contributed by atoms with van der Waals surface area (Å²) in [4.78, 5) is 38.7. The van der Waals surface area contributed by atoms with Crippen LogP contribution in [0.25, 0.3) is 0 Å². The topological polar surface area (TPSA) is 80.6 Å². The second kappa shape index (κ2) is 10.1. The Morgan fingerprint density at radius 1 is 1.10 bits per heavy atom. The molecule has 2 aromatic heterocycles. The number of amides is 2. The first-order valence-electron chi connectivity index (χ1n) is 13.9. The molecule has 1 atom stereocenters. The van der Waals surface area contributed by atoms with Crippen molar-refractivity contribution < 1.29 is 18.7 Å². The van der Waals surface area contributed by atoms with E-state index >= 15 is 4.39 Å². The predicted molar refractivity (Wildman–Crippen MR) is 143 cm³/mol. The Morgan fingerprint density at radius 2 is 1.92 bits per heavy atom. The zero-order valence-corrected chi connectivity index (χ0v) is 22.7. The van der Waals surface area contributed by atoms with Crippen LogP contribution in [0.5, 0.6) is 5.75 Å².